The number of aromatic nitrogens is 4. The molecule has 0 aromatic carbocycles. The molecule has 37 heavy (non-hydrogen) atoms. The largest absolute Gasteiger partial charge is 0.478 e. The van der Waals surface area contributed by atoms with E-state index in [1.807, 2.05) is 0 Å². The Balaban J connectivity index is 1.60. The van der Waals surface area contributed by atoms with Crippen molar-refractivity contribution < 1.29 is 44.6 Å². The molecule has 4 heterocycles. The zero-order chi connectivity index (χ0) is 27.2. The van der Waals surface area contributed by atoms with E-state index in [2.05, 4.69) is 25.0 Å². The lowest BCUT2D eigenvalue weighted by Gasteiger charge is -2.34. The Morgan fingerprint density at radius 3 is 2.49 bits per heavy atom. The van der Waals surface area contributed by atoms with Gasteiger partial charge < -0.3 is 19.4 Å². The van der Waals surface area contributed by atoms with Gasteiger partial charge in [0.25, 0.3) is 17.7 Å². The number of nitrogens with one attached hydrogen (secondary N) is 1. The number of amides is 1. The molecule has 4 rings (SSSR count). The molecule has 3 aromatic heterocycles. The van der Waals surface area contributed by atoms with E-state index in [9.17, 15) is 35.2 Å². The lowest BCUT2D eigenvalue weighted by molar-refractivity contribution is -0.153. The summed E-state index contributed by atoms with van der Waals surface area (Å²) < 4.78 is 100. The number of rotatable bonds is 6. The topological polar surface area (TPSA) is 125 Å². The molecule has 1 amide bonds. The number of carbonyl (C=O) groups is 1. The first-order chi connectivity index (χ1) is 17.1. The zero-order valence-electron chi connectivity index (χ0n) is 19.4. The van der Waals surface area contributed by atoms with Gasteiger partial charge in [-0.1, -0.05) is 0 Å². The summed E-state index contributed by atoms with van der Waals surface area (Å²) in [6, 6.07) is 1.48. The minimum atomic E-state index is -4.74. The van der Waals surface area contributed by atoms with Gasteiger partial charge in [-0.05, 0) is 19.8 Å². The molecule has 16 heteroatoms. The molecular formula is C21H20F5N5O5S. The highest BCUT2D eigenvalue weighted by molar-refractivity contribution is 7.91. The highest BCUT2D eigenvalue weighted by atomic mass is 32.2. The van der Waals surface area contributed by atoms with Gasteiger partial charge in [0, 0.05) is 24.7 Å². The SMILES string of the molecule is Cn1c(C(=O)NC2(C)CCS(=O)(=O)CC2)nc2cc(F)c(Oc3ncc(F)cc3OCC(F)(F)F)nc21. The molecule has 0 radical (unpaired) electrons. The molecule has 10 nitrogen and oxygen atoms in total. The van der Waals surface area contributed by atoms with Crippen LogP contribution in [0.25, 0.3) is 11.2 Å². The molecule has 200 valence electrons. The van der Waals surface area contributed by atoms with E-state index >= 15 is 0 Å². The predicted molar refractivity (Wildman–Crippen MR) is 118 cm³/mol. The summed E-state index contributed by atoms with van der Waals surface area (Å²) in [7, 11) is -1.75. The minimum absolute atomic E-state index is 0.0159. The maximum absolute atomic E-state index is 14.7. The number of nitrogens with zero attached hydrogens (tertiary/aromatic N) is 4. The van der Waals surface area contributed by atoms with Gasteiger partial charge in [-0.15, -0.1) is 0 Å². The average Bonchev–Trinajstić information content (AvgIpc) is 3.11. The van der Waals surface area contributed by atoms with Crippen LogP contribution < -0.4 is 14.8 Å². The van der Waals surface area contributed by atoms with E-state index in [1.54, 1.807) is 6.92 Å². The molecule has 3 aromatic rings. The first kappa shape index (κ1) is 26.5. The van der Waals surface area contributed by atoms with Crippen molar-refractivity contribution in [2.45, 2.75) is 31.5 Å². The molecule has 1 aliphatic rings. The van der Waals surface area contributed by atoms with E-state index < -0.39 is 63.2 Å². The molecule has 1 aliphatic heterocycles. The molecule has 0 spiro atoms. The van der Waals surface area contributed by atoms with Crippen LogP contribution in [0.15, 0.2) is 18.3 Å². The van der Waals surface area contributed by atoms with Crippen LogP contribution in [0.3, 0.4) is 0 Å². The number of carbonyl (C=O) groups excluding carboxylic acids is 1. The fourth-order valence-electron chi connectivity index (χ4n) is 3.63. The Bertz CT molecular complexity index is 1460. The van der Waals surface area contributed by atoms with Crippen LogP contribution in [-0.4, -0.2) is 63.7 Å². The van der Waals surface area contributed by atoms with Gasteiger partial charge in [-0.3, -0.25) is 4.79 Å². The maximum atomic E-state index is 14.7. The highest BCUT2D eigenvalue weighted by Crippen LogP contribution is 2.33. The van der Waals surface area contributed by atoms with Gasteiger partial charge in [0.2, 0.25) is 5.82 Å². The van der Waals surface area contributed by atoms with Crippen molar-refractivity contribution in [2.24, 2.45) is 7.05 Å². The average molecular weight is 549 g/mol. The molecule has 0 atom stereocenters. The fourth-order valence-corrected chi connectivity index (χ4v) is 5.36. The molecule has 1 saturated heterocycles. The second-order valence-electron chi connectivity index (χ2n) is 8.74. The highest BCUT2D eigenvalue weighted by Gasteiger charge is 2.36. The van der Waals surface area contributed by atoms with Crippen molar-refractivity contribution in [3.63, 3.8) is 0 Å². The van der Waals surface area contributed by atoms with Crippen molar-refractivity contribution >= 4 is 26.9 Å². The summed E-state index contributed by atoms with van der Waals surface area (Å²) in [6.45, 7) is -0.0608. The third-order valence-electron chi connectivity index (χ3n) is 5.68. The molecule has 1 N–H and O–H groups in total. The number of sulfone groups is 1. The van der Waals surface area contributed by atoms with Crippen LogP contribution in [0.2, 0.25) is 0 Å². The number of hydrogen-bond acceptors (Lipinski definition) is 8. The Morgan fingerprint density at radius 1 is 1.16 bits per heavy atom. The maximum Gasteiger partial charge on any atom is 0.422 e. The van der Waals surface area contributed by atoms with E-state index in [4.69, 9.17) is 4.74 Å². The molecular weight excluding hydrogens is 529 g/mol. The number of halogens is 5. The van der Waals surface area contributed by atoms with Gasteiger partial charge in [0.15, 0.2) is 23.8 Å². The Morgan fingerprint density at radius 2 is 1.84 bits per heavy atom. The quantitative estimate of drug-likeness (QED) is 0.465. The van der Waals surface area contributed by atoms with E-state index in [0.717, 1.165) is 6.07 Å². The number of aryl methyl sites for hydroxylation is 1. The normalized spacial score (nSPS) is 16.9. The van der Waals surface area contributed by atoms with Gasteiger partial charge in [-0.25, -0.2) is 27.2 Å². The second-order valence-corrected chi connectivity index (χ2v) is 11.0. The first-order valence-electron chi connectivity index (χ1n) is 10.7. The number of alkyl halides is 3. The second kappa shape index (κ2) is 9.39. The third kappa shape index (κ3) is 6.06. The Kier molecular flexibility index (Phi) is 6.73. The lowest BCUT2D eigenvalue weighted by Crippen LogP contribution is -2.51. The summed E-state index contributed by atoms with van der Waals surface area (Å²) >= 11 is 0. The molecule has 1 fully saturated rings. The summed E-state index contributed by atoms with van der Waals surface area (Å²) in [5.74, 6) is -5.19. The van der Waals surface area contributed by atoms with Gasteiger partial charge in [0.05, 0.1) is 17.7 Å². The van der Waals surface area contributed by atoms with E-state index in [0.29, 0.717) is 12.3 Å². The number of imidazole rings is 1. The molecule has 0 bridgehead atoms. The number of hydrogen-bond donors (Lipinski definition) is 1. The summed E-state index contributed by atoms with van der Waals surface area (Å²) in [5.41, 5.74) is -0.846. The van der Waals surface area contributed by atoms with Crippen molar-refractivity contribution in [2.75, 3.05) is 18.1 Å². The summed E-state index contributed by atoms with van der Waals surface area (Å²) in [6.07, 6.45) is -3.69. The Hall–Kier alpha value is -3.56. The standard InChI is InChI=1S/C21H20F5N5O5S/c1-20(3-5-37(33,34)6-4-20)30-17(32)16-28-13-8-12(23)18(29-15(13)31(16)2)36-19-14(7-11(22)9-27-19)35-10-21(24,25)26/h7-9H,3-6,10H2,1-2H3,(H,30,32). The molecule has 0 saturated carbocycles. The minimum Gasteiger partial charge on any atom is -0.478 e. The van der Waals surface area contributed by atoms with Crippen LogP contribution in [0.1, 0.15) is 30.4 Å². The van der Waals surface area contributed by atoms with Gasteiger partial charge >= 0.3 is 6.18 Å². The monoisotopic (exact) mass is 549 g/mol. The fraction of sp³-hybridized carbons (Fsp3) is 0.429. The van der Waals surface area contributed by atoms with Gasteiger partial charge in [0.1, 0.15) is 21.2 Å². The Labute approximate surface area is 206 Å². The first-order valence-corrected chi connectivity index (χ1v) is 12.6. The number of ether oxygens (including phenoxy) is 2. The van der Waals surface area contributed by atoms with Crippen molar-refractivity contribution in [1.82, 2.24) is 24.8 Å². The van der Waals surface area contributed by atoms with Crippen LogP contribution in [0, 0.1) is 11.6 Å². The predicted octanol–water partition coefficient (Wildman–Crippen LogP) is 3.07. The summed E-state index contributed by atoms with van der Waals surface area (Å²) in [5, 5.41) is 2.77. The smallest absolute Gasteiger partial charge is 0.422 e. The van der Waals surface area contributed by atoms with Gasteiger partial charge in [-0.2, -0.15) is 18.2 Å². The number of pyridine rings is 2. The van der Waals surface area contributed by atoms with Crippen LogP contribution in [0.4, 0.5) is 22.0 Å². The van der Waals surface area contributed by atoms with E-state index in [-0.39, 0.29) is 41.3 Å². The third-order valence-corrected chi connectivity index (χ3v) is 7.34. The van der Waals surface area contributed by atoms with Crippen LogP contribution in [-0.2, 0) is 16.9 Å². The van der Waals surface area contributed by atoms with Crippen LogP contribution in [0.5, 0.6) is 17.5 Å². The zero-order valence-corrected chi connectivity index (χ0v) is 20.2. The molecule has 0 unspecified atom stereocenters. The van der Waals surface area contributed by atoms with E-state index in [1.165, 1.54) is 11.6 Å². The van der Waals surface area contributed by atoms with Crippen molar-refractivity contribution in [3.8, 4) is 17.5 Å². The van der Waals surface area contributed by atoms with Crippen molar-refractivity contribution in [3.05, 3.63) is 35.8 Å². The summed E-state index contributed by atoms with van der Waals surface area (Å²) in [4.78, 5) is 24.5. The van der Waals surface area contributed by atoms with Crippen molar-refractivity contribution in [1.29, 1.82) is 0 Å². The molecule has 0 aliphatic carbocycles. The number of fused-ring (bicyclic) bond motifs is 1. The lowest BCUT2D eigenvalue weighted by atomic mass is 9.95. The van der Waals surface area contributed by atoms with Crippen LogP contribution >= 0.6 is 0 Å².